The van der Waals surface area contributed by atoms with Crippen LogP contribution in [-0.2, 0) is 14.3 Å². The topological polar surface area (TPSA) is 105 Å². The Morgan fingerprint density at radius 3 is 2.20 bits per heavy atom. The van der Waals surface area contributed by atoms with Gasteiger partial charge in [0, 0.05) is 12.0 Å². The van der Waals surface area contributed by atoms with E-state index in [1.807, 2.05) is 38.1 Å². The van der Waals surface area contributed by atoms with E-state index in [1.54, 1.807) is 0 Å². The van der Waals surface area contributed by atoms with E-state index in [2.05, 4.69) is 34.9 Å². The lowest BCUT2D eigenvalue weighted by atomic mass is 9.83. The van der Waals surface area contributed by atoms with Crippen molar-refractivity contribution in [3.63, 3.8) is 0 Å². The molecule has 2 aliphatic rings. The maximum absolute atomic E-state index is 13.0. The van der Waals surface area contributed by atoms with Gasteiger partial charge in [0.25, 0.3) is 0 Å². The van der Waals surface area contributed by atoms with Crippen LogP contribution in [0.2, 0.25) is 0 Å². The van der Waals surface area contributed by atoms with Crippen molar-refractivity contribution >= 4 is 18.0 Å². The van der Waals surface area contributed by atoms with Crippen molar-refractivity contribution in [2.75, 3.05) is 6.61 Å². The SMILES string of the molecule is CCC(C)C(NC(=O)[C@@H]1CCCC[C@@H]1NC(=O)OCC1c2ccccc2-c2ccccc21)C(=O)O. The van der Waals surface area contributed by atoms with E-state index in [1.165, 1.54) is 0 Å². The fourth-order valence-corrected chi connectivity index (χ4v) is 5.35. The molecule has 186 valence electrons. The number of amides is 2. The normalized spacial score (nSPS) is 20.7. The lowest BCUT2D eigenvalue weighted by molar-refractivity contribution is -0.144. The van der Waals surface area contributed by atoms with Crippen LogP contribution in [0.25, 0.3) is 11.1 Å². The number of aliphatic carboxylic acids is 1. The Balaban J connectivity index is 1.39. The molecule has 2 aliphatic carbocycles. The number of carbonyl (C=O) groups excluding carboxylic acids is 2. The number of fused-ring (bicyclic) bond motifs is 3. The van der Waals surface area contributed by atoms with Gasteiger partial charge in [0.15, 0.2) is 0 Å². The van der Waals surface area contributed by atoms with Gasteiger partial charge in [-0.1, -0.05) is 81.6 Å². The van der Waals surface area contributed by atoms with Crippen LogP contribution in [0.15, 0.2) is 48.5 Å². The summed E-state index contributed by atoms with van der Waals surface area (Å²) in [4.78, 5) is 37.4. The highest BCUT2D eigenvalue weighted by molar-refractivity contribution is 5.86. The molecule has 1 saturated carbocycles. The predicted octanol–water partition coefficient (Wildman–Crippen LogP) is 4.70. The van der Waals surface area contributed by atoms with E-state index in [0.29, 0.717) is 19.3 Å². The third-order valence-corrected chi connectivity index (χ3v) is 7.53. The molecule has 7 nitrogen and oxygen atoms in total. The molecule has 3 N–H and O–H groups in total. The Kier molecular flexibility index (Phi) is 7.73. The summed E-state index contributed by atoms with van der Waals surface area (Å²) in [5.74, 6) is -2.06. The molecule has 4 atom stereocenters. The Morgan fingerprint density at radius 1 is 1.00 bits per heavy atom. The van der Waals surface area contributed by atoms with Gasteiger partial charge in [0.05, 0.1) is 5.92 Å². The highest BCUT2D eigenvalue weighted by atomic mass is 16.5. The maximum atomic E-state index is 13.0. The van der Waals surface area contributed by atoms with Crippen molar-refractivity contribution in [3.8, 4) is 11.1 Å². The van der Waals surface area contributed by atoms with Crippen LogP contribution < -0.4 is 10.6 Å². The summed E-state index contributed by atoms with van der Waals surface area (Å²) in [5, 5.41) is 15.1. The summed E-state index contributed by atoms with van der Waals surface area (Å²) >= 11 is 0. The van der Waals surface area contributed by atoms with Crippen LogP contribution in [0, 0.1) is 11.8 Å². The second kappa shape index (κ2) is 10.9. The van der Waals surface area contributed by atoms with Gasteiger partial charge in [-0.15, -0.1) is 0 Å². The fourth-order valence-electron chi connectivity index (χ4n) is 5.35. The van der Waals surface area contributed by atoms with Gasteiger partial charge in [-0.3, -0.25) is 4.79 Å². The molecule has 0 radical (unpaired) electrons. The minimum atomic E-state index is -1.04. The van der Waals surface area contributed by atoms with Crippen LogP contribution >= 0.6 is 0 Å². The molecule has 0 spiro atoms. The largest absolute Gasteiger partial charge is 0.480 e. The van der Waals surface area contributed by atoms with Crippen LogP contribution in [0.4, 0.5) is 4.79 Å². The number of carboxylic acids is 1. The molecule has 4 rings (SSSR count). The van der Waals surface area contributed by atoms with E-state index in [0.717, 1.165) is 35.1 Å². The Labute approximate surface area is 206 Å². The number of hydrogen-bond donors (Lipinski definition) is 3. The fraction of sp³-hybridized carbons (Fsp3) is 0.464. The maximum Gasteiger partial charge on any atom is 0.407 e. The third kappa shape index (κ3) is 5.34. The van der Waals surface area contributed by atoms with E-state index < -0.39 is 24.0 Å². The Hall–Kier alpha value is -3.35. The van der Waals surface area contributed by atoms with E-state index in [4.69, 9.17) is 4.74 Å². The summed E-state index contributed by atoms with van der Waals surface area (Å²) in [6.07, 6.45) is 3.11. The highest BCUT2D eigenvalue weighted by Crippen LogP contribution is 2.44. The van der Waals surface area contributed by atoms with Crippen molar-refractivity contribution in [1.29, 1.82) is 0 Å². The molecule has 35 heavy (non-hydrogen) atoms. The first-order valence-electron chi connectivity index (χ1n) is 12.5. The van der Waals surface area contributed by atoms with Gasteiger partial charge in [-0.25, -0.2) is 9.59 Å². The average molecular weight is 479 g/mol. The van der Waals surface area contributed by atoms with Gasteiger partial charge in [-0.05, 0) is 41.0 Å². The molecule has 0 aliphatic heterocycles. The van der Waals surface area contributed by atoms with Crippen LogP contribution in [0.3, 0.4) is 0 Å². The molecule has 1 fully saturated rings. The van der Waals surface area contributed by atoms with Gasteiger partial charge in [-0.2, -0.15) is 0 Å². The highest BCUT2D eigenvalue weighted by Gasteiger charge is 2.36. The minimum absolute atomic E-state index is 0.0366. The quantitative estimate of drug-likeness (QED) is 0.510. The number of carboxylic acid groups (broad SMARTS) is 1. The van der Waals surface area contributed by atoms with Crippen molar-refractivity contribution in [2.24, 2.45) is 11.8 Å². The second-order valence-electron chi connectivity index (χ2n) is 9.68. The predicted molar refractivity (Wildman–Crippen MR) is 133 cm³/mol. The molecule has 0 heterocycles. The molecule has 2 aromatic rings. The van der Waals surface area contributed by atoms with Gasteiger partial charge >= 0.3 is 12.1 Å². The number of hydrogen-bond acceptors (Lipinski definition) is 4. The average Bonchev–Trinajstić information content (AvgIpc) is 3.19. The number of nitrogens with one attached hydrogen (secondary N) is 2. The van der Waals surface area contributed by atoms with Gasteiger partial charge in [0.2, 0.25) is 5.91 Å². The van der Waals surface area contributed by atoms with Gasteiger partial charge in [0.1, 0.15) is 12.6 Å². The van der Waals surface area contributed by atoms with Crippen molar-refractivity contribution in [2.45, 2.75) is 64.0 Å². The van der Waals surface area contributed by atoms with E-state index in [-0.39, 0.29) is 30.4 Å². The molecule has 2 aromatic carbocycles. The molecular weight excluding hydrogens is 444 g/mol. The van der Waals surface area contributed by atoms with Crippen molar-refractivity contribution < 1.29 is 24.2 Å². The summed E-state index contributed by atoms with van der Waals surface area (Å²) < 4.78 is 5.67. The number of alkyl carbamates (subject to hydrolysis) is 1. The zero-order chi connectivity index (χ0) is 24.9. The summed E-state index contributed by atoms with van der Waals surface area (Å²) in [5.41, 5.74) is 4.60. The standard InChI is InChI=1S/C28H34N2O5/c1-3-17(2)25(27(32)33)30-26(31)22-14-8-9-15-24(22)29-28(34)35-16-23-20-12-6-4-10-18(20)19-11-5-7-13-21(19)23/h4-7,10-13,17,22-25H,3,8-9,14-16H2,1-2H3,(H,29,34)(H,30,31)(H,32,33)/t17?,22-,24+,25?/m1/s1. The first-order chi connectivity index (χ1) is 16.9. The zero-order valence-corrected chi connectivity index (χ0v) is 20.3. The molecular formula is C28H34N2O5. The minimum Gasteiger partial charge on any atom is -0.480 e. The molecule has 0 bridgehead atoms. The summed E-state index contributed by atoms with van der Waals surface area (Å²) in [6.45, 7) is 3.92. The van der Waals surface area contributed by atoms with E-state index in [9.17, 15) is 19.5 Å². The lowest BCUT2D eigenvalue weighted by Crippen LogP contribution is -2.53. The van der Waals surface area contributed by atoms with Crippen LogP contribution in [0.1, 0.15) is 63.0 Å². The van der Waals surface area contributed by atoms with Crippen molar-refractivity contribution in [1.82, 2.24) is 10.6 Å². The van der Waals surface area contributed by atoms with E-state index >= 15 is 0 Å². The number of rotatable bonds is 8. The number of carbonyl (C=O) groups is 3. The molecule has 2 unspecified atom stereocenters. The molecule has 2 amide bonds. The molecule has 0 aromatic heterocycles. The Bertz CT molecular complexity index is 1040. The van der Waals surface area contributed by atoms with Crippen LogP contribution in [0.5, 0.6) is 0 Å². The molecule has 7 heteroatoms. The summed E-state index contributed by atoms with van der Waals surface area (Å²) in [6, 6.07) is 15.0. The smallest absolute Gasteiger partial charge is 0.407 e. The zero-order valence-electron chi connectivity index (χ0n) is 20.3. The monoisotopic (exact) mass is 478 g/mol. The molecule has 0 saturated heterocycles. The number of benzene rings is 2. The third-order valence-electron chi connectivity index (χ3n) is 7.53. The van der Waals surface area contributed by atoms with Gasteiger partial charge < -0.3 is 20.5 Å². The van der Waals surface area contributed by atoms with Crippen molar-refractivity contribution in [3.05, 3.63) is 59.7 Å². The first kappa shape index (κ1) is 24.8. The lowest BCUT2D eigenvalue weighted by Gasteiger charge is -2.32. The summed E-state index contributed by atoms with van der Waals surface area (Å²) in [7, 11) is 0. The number of ether oxygens (including phenoxy) is 1. The first-order valence-corrected chi connectivity index (χ1v) is 12.5. The second-order valence-corrected chi connectivity index (χ2v) is 9.68. The van der Waals surface area contributed by atoms with Crippen LogP contribution in [-0.4, -0.2) is 41.8 Å². The Morgan fingerprint density at radius 2 is 1.60 bits per heavy atom.